The second kappa shape index (κ2) is 2.43. The molecule has 10 heavy (non-hydrogen) atoms. The molecule has 2 aliphatic carbocycles. The molecule has 0 nitrogen and oxygen atoms in total. The van der Waals surface area contributed by atoms with Gasteiger partial charge in [-0.25, -0.2) is 0 Å². The first-order chi connectivity index (χ1) is 4.93. The third-order valence-corrected chi connectivity index (χ3v) is 2.92. The summed E-state index contributed by atoms with van der Waals surface area (Å²) in [5.41, 5.74) is 0. The van der Waals surface area contributed by atoms with Crippen LogP contribution in [0.25, 0.3) is 0 Å². The first-order valence-corrected chi connectivity index (χ1v) is 4.36. The Kier molecular flexibility index (Phi) is 1.57. The van der Waals surface area contributed by atoms with E-state index in [-0.39, 0.29) is 0 Å². The Morgan fingerprint density at radius 3 is 3.10 bits per heavy atom. The van der Waals surface area contributed by atoms with Crippen molar-refractivity contribution < 1.29 is 0 Å². The third kappa shape index (κ3) is 0.911. The highest BCUT2D eigenvalue weighted by Gasteiger charge is 2.46. The van der Waals surface area contributed by atoms with Crippen molar-refractivity contribution in [2.24, 2.45) is 17.8 Å². The van der Waals surface area contributed by atoms with Gasteiger partial charge in [0.15, 0.2) is 0 Å². The molecule has 0 aromatic heterocycles. The Morgan fingerprint density at radius 1 is 1.40 bits per heavy atom. The van der Waals surface area contributed by atoms with Gasteiger partial charge in [0.1, 0.15) is 0 Å². The van der Waals surface area contributed by atoms with Gasteiger partial charge in [0.05, 0.1) is 0 Å². The van der Waals surface area contributed by atoms with Crippen molar-refractivity contribution in [2.45, 2.75) is 6.42 Å². The summed E-state index contributed by atoms with van der Waals surface area (Å²) in [5, 5.41) is 0. The maximum atomic E-state index is 5.77. The maximum absolute atomic E-state index is 5.77. The summed E-state index contributed by atoms with van der Waals surface area (Å²) >= 11 is 5.77. The van der Waals surface area contributed by atoms with Crippen LogP contribution in [0.5, 0.6) is 0 Å². The first kappa shape index (κ1) is 6.48. The standard InChI is InChI=1S/C9H11Cl/c10-6-9-7-4-2-1-3-5-8(7)9/h1-4,7-9H,5-6H2. The number of halogens is 1. The minimum Gasteiger partial charge on any atom is -0.126 e. The zero-order chi connectivity index (χ0) is 6.97. The van der Waals surface area contributed by atoms with E-state index in [0.29, 0.717) is 0 Å². The highest BCUT2D eigenvalue weighted by Crippen LogP contribution is 2.51. The van der Waals surface area contributed by atoms with Crippen LogP contribution < -0.4 is 0 Å². The molecule has 0 bridgehead atoms. The lowest BCUT2D eigenvalue weighted by molar-refractivity contribution is 0.766. The molecule has 3 unspecified atom stereocenters. The van der Waals surface area contributed by atoms with Crippen molar-refractivity contribution in [3.63, 3.8) is 0 Å². The summed E-state index contributed by atoms with van der Waals surface area (Å²) in [6, 6.07) is 0. The van der Waals surface area contributed by atoms with Crippen molar-refractivity contribution in [1.82, 2.24) is 0 Å². The van der Waals surface area contributed by atoms with Crippen molar-refractivity contribution in [3.05, 3.63) is 24.3 Å². The Balaban J connectivity index is 2.04. The van der Waals surface area contributed by atoms with Gasteiger partial charge in [0.2, 0.25) is 0 Å². The molecule has 2 rings (SSSR count). The van der Waals surface area contributed by atoms with Crippen molar-refractivity contribution in [2.75, 3.05) is 5.88 Å². The van der Waals surface area contributed by atoms with Crippen molar-refractivity contribution in [1.29, 1.82) is 0 Å². The molecule has 1 heteroatoms. The van der Waals surface area contributed by atoms with Crippen molar-refractivity contribution >= 4 is 11.6 Å². The van der Waals surface area contributed by atoms with Gasteiger partial charge in [0.25, 0.3) is 0 Å². The number of allylic oxidation sites excluding steroid dienone is 4. The number of alkyl halides is 1. The van der Waals surface area contributed by atoms with Gasteiger partial charge in [-0.05, 0) is 24.2 Å². The quantitative estimate of drug-likeness (QED) is 0.510. The molecular formula is C9H11Cl. The molecule has 0 saturated heterocycles. The number of hydrogen-bond donors (Lipinski definition) is 0. The molecule has 0 aliphatic heterocycles. The van der Waals surface area contributed by atoms with E-state index < -0.39 is 0 Å². The predicted molar refractivity (Wildman–Crippen MR) is 44.1 cm³/mol. The van der Waals surface area contributed by atoms with Crippen LogP contribution in [-0.2, 0) is 0 Å². The van der Waals surface area contributed by atoms with Crippen LogP contribution in [0, 0.1) is 17.8 Å². The smallest absolute Gasteiger partial charge is 0.0260 e. The van der Waals surface area contributed by atoms with Gasteiger partial charge in [-0.3, -0.25) is 0 Å². The summed E-state index contributed by atoms with van der Waals surface area (Å²) in [6.45, 7) is 0. The molecule has 54 valence electrons. The Hall–Kier alpha value is -0.230. The van der Waals surface area contributed by atoms with E-state index in [0.717, 1.165) is 23.6 Å². The Morgan fingerprint density at radius 2 is 2.30 bits per heavy atom. The lowest BCUT2D eigenvalue weighted by Gasteiger charge is -1.87. The molecule has 0 radical (unpaired) electrons. The van der Waals surface area contributed by atoms with E-state index >= 15 is 0 Å². The summed E-state index contributed by atoms with van der Waals surface area (Å²) in [7, 11) is 0. The minimum absolute atomic E-state index is 0.780. The maximum Gasteiger partial charge on any atom is 0.0260 e. The molecule has 1 fully saturated rings. The highest BCUT2D eigenvalue weighted by atomic mass is 35.5. The van der Waals surface area contributed by atoms with Gasteiger partial charge in [-0.2, -0.15) is 0 Å². The number of hydrogen-bond acceptors (Lipinski definition) is 0. The van der Waals surface area contributed by atoms with Crippen LogP contribution >= 0.6 is 11.6 Å². The highest BCUT2D eigenvalue weighted by molar-refractivity contribution is 6.18. The van der Waals surface area contributed by atoms with Crippen LogP contribution in [0.4, 0.5) is 0 Å². The molecule has 3 atom stereocenters. The van der Waals surface area contributed by atoms with E-state index in [4.69, 9.17) is 11.6 Å². The van der Waals surface area contributed by atoms with Crippen LogP contribution in [0.2, 0.25) is 0 Å². The topological polar surface area (TPSA) is 0 Å². The van der Waals surface area contributed by atoms with Crippen LogP contribution in [0.15, 0.2) is 24.3 Å². The summed E-state index contributed by atoms with van der Waals surface area (Å²) in [5.74, 6) is 3.29. The van der Waals surface area contributed by atoms with E-state index in [9.17, 15) is 0 Å². The fraction of sp³-hybridized carbons (Fsp3) is 0.556. The van der Waals surface area contributed by atoms with Gasteiger partial charge in [0, 0.05) is 5.88 Å². The number of fused-ring (bicyclic) bond motifs is 1. The molecule has 0 aromatic carbocycles. The molecule has 2 aliphatic rings. The van der Waals surface area contributed by atoms with Crippen LogP contribution in [0.3, 0.4) is 0 Å². The fourth-order valence-electron chi connectivity index (χ4n) is 1.82. The summed E-state index contributed by atoms with van der Waals surface area (Å²) in [4.78, 5) is 0. The predicted octanol–water partition coefficient (Wildman–Crippen LogP) is 2.60. The monoisotopic (exact) mass is 154 g/mol. The molecule has 0 N–H and O–H groups in total. The van der Waals surface area contributed by atoms with Crippen LogP contribution in [0.1, 0.15) is 6.42 Å². The normalized spacial score (nSPS) is 42.7. The average Bonchev–Trinajstić information content (AvgIpc) is 2.59. The van der Waals surface area contributed by atoms with Crippen LogP contribution in [-0.4, -0.2) is 5.88 Å². The van der Waals surface area contributed by atoms with Gasteiger partial charge < -0.3 is 0 Å². The zero-order valence-electron chi connectivity index (χ0n) is 5.83. The SMILES string of the molecule is ClCC1C2C=CC=CCC21. The Bertz CT molecular complexity index is 181. The van der Waals surface area contributed by atoms with Gasteiger partial charge in [-0.1, -0.05) is 24.3 Å². The lowest BCUT2D eigenvalue weighted by Crippen LogP contribution is -1.81. The summed E-state index contributed by atoms with van der Waals surface area (Å²) < 4.78 is 0. The molecule has 0 heterocycles. The minimum atomic E-state index is 0.780. The fourth-order valence-corrected chi connectivity index (χ4v) is 2.25. The van der Waals surface area contributed by atoms with E-state index in [1.807, 2.05) is 0 Å². The second-order valence-electron chi connectivity index (χ2n) is 3.11. The largest absolute Gasteiger partial charge is 0.126 e. The Labute approximate surface area is 66.6 Å². The molecule has 0 spiro atoms. The summed E-state index contributed by atoms with van der Waals surface area (Å²) in [6.07, 6.45) is 10.1. The third-order valence-electron chi connectivity index (χ3n) is 2.56. The second-order valence-corrected chi connectivity index (χ2v) is 3.42. The van der Waals surface area contributed by atoms with E-state index in [1.54, 1.807) is 0 Å². The number of rotatable bonds is 1. The molecule has 1 saturated carbocycles. The molecule has 0 amide bonds. The van der Waals surface area contributed by atoms with Gasteiger partial charge >= 0.3 is 0 Å². The van der Waals surface area contributed by atoms with E-state index in [1.165, 1.54) is 6.42 Å². The van der Waals surface area contributed by atoms with Crippen molar-refractivity contribution in [3.8, 4) is 0 Å². The molecular weight excluding hydrogens is 144 g/mol. The molecule has 0 aromatic rings. The first-order valence-electron chi connectivity index (χ1n) is 3.83. The zero-order valence-corrected chi connectivity index (χ0v) is 6.59. The average molecular weight is 155 g/mol. The lowest BCUT2D eigenvalue weighted by atomic mass is 10.2. The van der Waals surface area contributed by atoms with Gasteiger partial charge in [-0.15, -0.1) is 11.6 Å². The van der Waals surface area contributed by atoms with E-state index in [2.05, 4.69) is 24.3 Å².